The highest BCUT2D eigenvalue weighted by Crippen LogP contribution is 2.31. The van der Waals surface area contributed by atoms with Gasteiger partial charge < -0.3 is 25.2 Å². The number of halogens is 4. The molecule has 4 aromatic rings. The Morgan fingerprint density at radius 1 is 1.03 bits per heavy atom. The van der Waals surface area contributed by atoms with Gasteiger partial charge in [0, 0.05) is 29.7 Å². The number of carboxylic acid groups (broad SMARTS) is 1. The summed E-state index contributed by atoms with van der Waals surface area (Å²) in [5.74, 6) is 0.918. The summed E-state index contributed by atoms with van der Waals surface area (Å²) in [7, 11) is 3.18. The number of carboxylic acids is 1. The largest absolute Gasteiger partial charge is 0.493 e. The van der Waals surface area contributed by atoms with Crippen LogP contribution in [-0.2, 0) is 4.79 Å². The molecule has 0 atom stereocenters. The first kappa shape index (κ1) is 29.0. The second-order valence-electron chi connectivity index (χ2n) is 7.69. The monoisotopic (exact) mass is 565 g/mol. The molecule has 0 bridgehead atoms. The summed E-state index contributed by atoms with van der Waals surface area (Å²) in [4.78, 5) is 22.1. The number of anilines is 4. The zero-order valence-electron chi connectivity index (χ0n) is 21.0. The molecule has 0 fully saturated rings. The number of carbonyl (C=O) groups is 1. The van der Waals surface area contributed by atoms with Crippen LogP contribution in [0.4, 0.5) is 36.4 Å². The minimum atomic E-state index is -5.08. The summed E-state index contributed by atoms with van der Waals surface area (Å²) in [5, 5.41) is 18.8. The third-order valence-corrected chi connectivity index (χ3v) is 5.30. The first-order valence-electron chi connectivity index (χ1n) is 11.0. The number of aromatic nitrogens is 5. The molecular formula is C24H23ClF3N7O4. The average molecular weight is 566 g/mol. The minimum Gasteiger partial charge on any atom is -0.493 e. The number of pyridine rings is 1. The number of alkyl halides is 3. The van der Waals surface area contributed by atoms with Gasteiger partial charge in [0.1, 0.15) is 11.6 Å². The van der Waals surface area contributed by atoms with Crippen molar-refractivity contribution in [2.45, 2.75) is 20.0 Å². The molecule has 0 saturated heterocycles. The van der Waals surface area contributed by atoms with Crippen LogP contribution in [0.2, 0.25) is 5.02 Å². The zero-order valence-corrected chi connectivity index (χ0v) is 21.8. The number of nitrogens with zero attached hydrogens (tertiary/aromatic N) is 5. The summed E-state index contributed by atoms with van der Waals surface area (Å²) >= 11 is 5.98. The normalized spacial score (nSPS) is 10.8. The van der Waals surface area contributed by atoms with E-state index in [1.54, 1.807) is 43.4 Å². The molecule has 0 aliphatic carbocycles. The molecule has 0 spiro atoms. The third-order valence-electron chi connectivity index (χ3n) is 5.07. The van der Waals surface area contributed by atoms with E-state index in [-0.39, 0.29) is 0 Å². The second kappa shape index (κ2) is 12.3. The van der Waals surface area contributed by atoms with Crippen molar-refractivity contribution >= 4 is 40.8 Å². The first-order valence-corrected chi connectivity index (χ1v) is 11.4. The molecule has 39 heavy (non-hydrogen) atoms. The van der Waals surface area contributed by atoms with Crippen LogP contribution in [0, 0.1) is 13.8 Å². The lowest BCUT2D eigenvalue weighted by Crippen LogP contribution is -2.21. The lowest BCUT2D eigenvalue weighted by atomic mass is 10.2. The smallest absolute Gasteiger partial charge is 0.490 e. The molecule has 206 valence electrons. The summed E-state index contributed by atoms with van der Waals surface area (Å²) in [6, 6.07) is 10.9. The maximum absolute atomic E-state index is 10.6. The van der Waals surface area contributed by atoms with Crippen molar-refractivity contribution in [2.24, 2.45) is 0 Å². The number of rotatable bonds is 7. The SMILES string of the molecule is COc1ccc(Nc2nccc(Nc3c(C)c(C)nn3-c3ccc(Cl)cn3)n2)cc1OC.O=C(O)C(F)(F)F. The van der Waals surface area contributed by atoms with Crippen molar-refractivity contribution in [2.75, 3.05) is 24.9 Å². The number of hydrogen-bond acceptors (Lipinski definition) is 9. The van der Waals surface area contributed by atoms with Gasteiger partial charge in [-0.3, -0.25) is 0 Å². The van der Waals surface area contributed by atoms with E-state index in [1.165, 1.54) is 0 Å². The fourth-order valence-corrected chi connectivity index (χ4v) is 3.18. The Morgan fingerprint density at radius 3 is 2.31 bits per heavy atom. The van der Waals surface area contributed by atoms with E-state index in [1.807, 2.05) is 38.1 Å². The van der Waals surface area contributed by atoms with Crippen LogP contribution in [0.5, 0.6) is 11.5 Å². The van der Waals surface area contributed by atoms with Crippen LogP contribution in [0.3, 0.4) is 0 Å². The van der Waals surface area contributed by atoms with Crippen LogP contribution >= 0.6 is 11.6 Å². The molecule has 0 radical (unpaired) electrons. The molecule has 3 heterocycles. The van der Waals surface area contributed by atoms with Crippen molar-refractivity contribution in [3.8, 4) is 17.3 Å². The van der Waals surface area contributed by atoms with E-state index in [2.05, 4.69) is 30.7 Å². The highest BCUT2D eigenvalue weighted by atomic mass is 35.5. The fraction of sp³-hybridized carbons (Fsp3) is 0.208. The summed E-state index contributed by atoms with van der Waals surface area (Å²) in [5.41, 5.74) is 2.62. The first-order chi connectivity index (χ1) is 18.4. The van der Waals surface area contributed by atoms with Crippen LogP contribution in [0.1, 0.15) is 11.3 Å². The van der Waals surface area contributed by atoms with Crippen LogP contribution < -0.4 is 20.1 Å². The number of hydrogen-bond donors (Lipinski definition) is 3. The molecule has 11 nitrogen and oxygen atoms in total. The van der Waals surface area contributed by atoms with E-state index in [4.69, 9.17) is 31.0 Å². The molecule has 3 N–H and O–H groups in total. The van der Waals surface area contributed by atoms with Gasteiger partial charge in [-0.05, 0) is 44.2 Å². The molecule has 0 aliphatic rings. The summed E-state index contributed by atoms with van der Waals surface area (Å²) in [6.45, 7) is 3.93. The van der Waals surface area contributed by atoms with Gasteiger partial charge in [-0.1, -0.05) is 11.6 Å². The average Bonchev–Trinajstić information content (AvgIpc) is 3.17. The minimum absolute atomic E-state index is 0.423. The molecule has 3 aromatic heterocycles. The van der Waals surface area contributed by atoms with Crippen LogP contribution in [-0.4, -0.2) is 56.2 Å². The Labute approximate surface area is 225 Å². The number of methoxy groups -OCH3 is 2. The standard InChI is InChI=1S/C22H22ClN7O2.C2HF3O2/c1-13-14(2)29-30(20-8-5-15(23)12-25-20)21(13)27-19-9-10-24-22(28-19)26-16-6-7-17(31-3)18(11-16)32-4;3-2(4,5)1(6)7/h5-12H,1-4H3,(H2,24,26,27,28);(H,6,7). The fourth-order valence-electron chi connectivity index (χ4n) is 3.06. The van der Waals surface area contributed by atoms with Crippen molar-refractivity contribution in [3.05, 3.63) is 65.1 Å². The van der Waals surface area contributed by atoms with Gasteiger partial charge in [0.05, 0.1) is 24.9 Å². The molecular weight excluding hydrogens is 543 g/mol. The van der Waals surface area contributed by atoms with Gasteiger partial charge in [-0.25, -0.2) is 14.8 Å². The van der Waals surface area contributed by atoms with Crippen LogP contribution in [0.15, 0.2) is 48.8 Å². The van der Waals surface area contributed by atoms with E-state index >= 15 is 0 Å². The molecule has 0 aliphatic heterocycles. The number of benzene rings is 1. The van der Waals surface area contributed by atoms with Gasteiger partial charge in [0.2, 0.25) is 5.95 Å². The molecule has 4 rings (SSSR count). The third kappa shape index (κ3) is 7.47. The molecule has 0 amide bonds. The van der Waals surface area contributed by atoms with Crippen molar-refractivity contribution < 1.29 is 32.5 Å². The maximum Gasteiger partial charge on any atom is 0.490 e. The summed E-state index contributed by atoms with van der Waals surface area (Å²) < 4.78 is 44.1. The van der Waals surface area contributed by atoms with E-state index in [0.717, 1.165) is 22.8 Å². The van der Waals surface area contributed by atoms with Gasteiger partial charge in [-0.2, -0.15) is 27.9 Å². The zero-order chi connectivity index (χ0) is 28.7. The number of aliphatic carboxylic acids is 1. The molecule has 0 unspecified atom stereocenters. The van der Waals surface area contributed by atoms with Crippen molar-refractivity contribution in [1.82, 2.24) is 24.7 Å². The van der Waals surface area contributed by atoms with Gasteiger partial charge in [-0.15, -0.1) is 0 Å². The number of ether oxygens (including phenoxy) is 2. The van der Waals surface area contributed by atoms with Crippen LogP contribution in [0.25, 0.3) is 5.82 Å². The highest BCUT2D eigenvalue weighted by molar-refractivity contribution is 6.30. The molecule has 0 saturated carbocycles. The quantitative estimate of drug-likeness (QED) is 0.265. The molecule has 1 aromatic carbocycles. The Balaban J connectivity index is 0.000000532. The van der Waals surface area contributed by atoms with Crippen molar-refractivity contribution in [3.63, 3.8) is 0 Å². The Morgan fingerprint density at radius 2 is 1.72 bits per heavy atom. The topological polar surface area (TPSA) is 136 Å². The van der Waals surface area contributed by atoms with E-state index in [9.17, 15) is 13.2 Å². The van der Waals surface area contributed by atoms with Gasteiger partial charge >= 0.3 is 12.1 Å². The van der Waals surface area contributed by atoms with E-state index in [0.29, 0.717) is 34.1 Å². The number of aryl methyl sites for hydroxylation is 1. The summed E-state index contributed by atoms with van der Waals surface area (Å²) in [6.07, 6.45) is -1.83. The van der Waals surface area contributed by atoms with E-state index < -0.39 is 12.1 Å². The Bertz CT molecular complexity index is 1450. The predicted molar refractivity (Wildman–Crippen MR) is 138 cm³/mol. The molecule has 15 heteroatoms. The lowest BCUT2D eigenvalue weighted by molar-refractivity contribution is -0.192. The highest BCUT2D eigenvalue weighted by Gasteiger charge is 2.38. The van der Waals surface area contributed by atoms with Crippen molar-refractivity contribution in [1.29, 1.82) is 0 Å². The number of nitrogens with one attached hydrogen (secondary N) is 2. The predicted octanol–water partition coefficient (Wildman–Crippen LogP) is 5.47. The van der Waals surface area contributed by atoms with Gasteiger partial charge in [0.25, 0.3) is 0 Å². The second-order valence-corrected chi connectivity index (χ2v) is 8.13. The Hall–Kier alpha value is -4.59. The van der Waals surface area contributed by atoms with Gasteiger partial charge in [0.15, 0.2) is 17.3 Å². The lowest BCUT2D eigenvalue weighted by Gasteiger charge is -2.12. The maximum atomic E-state index is 10.6. The Kier molecular flexibility index (Phi) is 9.14.